The smallest absolute Gasteiger partial charge is 0.137 e. The zero-order valence-electron chi connectivity index (χ0n) is 15.3. The Morgan fingerprint density at radius 1 is 1.08 bits per heavy atom. The van der Waals surface area contributed by atoms with Crippen molar-refractivity contribution >= 4 is 16.7 Å². The molecule has 0 N–H and O–H groups in total. The first-order chi connectivity index (χ1) is 12.7. The van der Waals surface area contributed by atoms with E-state index < -0.39 is 0 Å². The van der Waals surface area contributed by atoms with Gasteiger partial charge in [0, 0.05) is 26.0 Å². The standard InChI is InChI=1S/C21H23N5/c1-15-9-10-20-22-16(14-26(20)12-15)13-25-11-5-8-19(25)21-23-17-6-3-4-7-18(17)24(21)2/h3-4,6-7,9-10,12,14,19H,5,8,11,13H2,1-2H3/t19-/m0/s1. The molecule has 1 atom stereocenters. The van der Waals surface area contributed by atoms with Gasteiger partial charge in [-0.25, -0.2) is 9.97 Å². The maximum absolute atomic E-state index is 4.94. The molecule has 1 fully saturated rings. The number of fused-ring (bicyclic) bond motifs is 2. The summed E-state index contributed by atoms with van der Waals surface area (Å²) >= 11 is 0. The largest absolute Gasteiger partial charge is 0.330 e. The lowest BCUT2D eigenvalue weighted by atomic mass is 10.2. The normalized spacial score (nSPS) is 18.3. The molecule has 0 bridgehead atoms. The van der Waals surface area contributed by atoms with Crippen LogP contribution in [-0.2, 0) is 13.6 Å². The van der Waals surface area contributed by atoms with E-state index in [0.717, 1.165) is 36.4 Å². The van der Waals surface area contributed by atoms with Gasteiger partial charge in [0.25, 0.3) is 0 Å². The van der Waals surface area contributed by atoms with Crippen molar-refractivity contribution in [1.29, 1.82) is 0 Å². The minimum atomic E-state index is 0.360. The number of hydrogen-bond acceptors (Lipinski definition) is 3. The van der Waals surface area contributed by atoms with Gasteiger partial charge in [0.2, 0.25) is 0 Å². The van der Waals surface area contributed by atoms with Gasteiger partial charge in [-0.3, -0.25) is 4.90 Å². The van der Waals surface area contributed by atoms with Crippen molar-refractivity contribution in [3.63, 3.8) is 0 Å². The van der Waals surface area contributed by atoms with Gasteiger partial charge >= 0.3 is 0 Å². The fourth-order valence-corrected chi connectivity index (χ4v) is 4.21. The third-order valence-electron chi connectivity index (χ3n) is 5.50. The third-order valence-corrected chi connectivity index (χ3v) is 5.50. The highest BCUT2D eigenvalue weighted by atomic mass is 15.2. The zero-order chi connectivity index (χ0) is 17.7. The Morgan fingerprint density at radius 3 is 2.85 bits per heavy atom. The number of pyridine rings is 1. The van der Waals surface area contributed by atoms with Crippen molar-refractivity contribution in [2.75, 3.05) is 6.54 Å². The van der Waals surface area contributed by atoms with Crippen molar-refractivity contribution in [1.82, 2.24) is 23.8 Å². The summed E-state index contributed by atoms with van der Waals surface area (Å²) in [5.41, 5.74) is 5.68. The second kappa shape index (κ2) is 5.95. The summed E-state index contributed by atoms with van der Waals surface area (Å²) in [4.78, 5) is 12.3. The Kier molecular flexibility index (Phi) is 3.57. The van der Waals surface area contributed by atoms with Crippen LogP contribution in [0.25, 0.3) is 16.7 Å². The molecule has 0 unspecified atom stereocenters. The maximum Gasteiger partial charge on any atom is 0.137 e. The molecule has 0 radical (unpaired) electrons. The van der Waals surface area contributed by atoms with E-state index in [4.69, 9.17) is 9.97 Å². The lowest BCUT2D eigenvalue weighted by Gasteiger charge is -2.23. The summed E-state index contributed by atoms with van der Waals surface area (Å²) in [7, 11) is 2.13. The van der Waals surface area contributed by atoms with Crippen molar-refractivity contribution in [2.45, 2.75) is 32.4 Å². The molecule has 0 amide bonds. The van der Waals surface area contributed by atoms with Gasteiger partial charge < -0.3 is 8.97 Å². The molecule has 0 saturated carbocycles. The van der Waals surface area contributed by atoms with Crippen molar-refractivity contribution in [3.05, 3.63) is 65.9 Å². The minimum Gasteiger partial charge on any atom is -0.330 e. The van der Waals surface area contributed by atoms with Crippen LogP contribution >= 0.6 is 0 Å². The summed E-state index contributed by atoms with van der Waals surface area (Å²) in [5, 5.41) is 0. The van der Waals surface area contributed by atoms with Gasteiger partial charge in [-0.05, 0) is 50.1 Å². The molecule has 5 heteroatoms. The molecule has 1 aliphatic heterocycles. The van der Waals surface area contributed by atoms with E-state index in [-0.39, 0.29) is 0 Å². The van der Waals surface area contributed by atoms with Gasteiger partial charge in [-0.2, -0.15) is 0 Å². The number of aryl methyl sites for hydroxylation is 2. The van der Waals surface area contributed by atoms with Gasteiger partial charge in [-0.1, -0.05) is 18.2 Å². The van der Waals surface area contributed by atoms with Crippen LogP contribution in [-0.4, -0.2) is 30.4 Å². The van der Waals surface area contributed by atoms with Crippen molar-refractivity contribution in [2.24, 2.45) is 7.05 Å². The first kappa shape index (κ1) is 15.6. The van der Waals surface area contributed by atoms with Crippen molar-refractivity contribution in [3.8, 4) is 0 Å². The molecule has 1 aromatic carbocycles. The molecule has 4 aromatic rings. The molecule has 1 aliphatic rings. The molecular formula is C21H23N5. The molecule has 1 saturated heterocycles. The van der Waals surface area contributed by atoms with Gasteiger partial charge in [0.15, 0.2) is 0 Å². The van der Waals surface area contributed by atoms with Gasteiger partial charge in [0.05, 0.1) is 22.8 Å². The number of aromatic nitrogens is 4. The minimum absolute atomic E-state index is 0.360. The number of hydrogen-bond donors (Lipinski definition) is 0. The van der Waals surface area contributed by atoms with Crippen LogP contribution in [0.15, 0.2) is 48.8 Å². The summed E-state index contributed by atoms with van der Waals surface area (Å²) in [6.07, 6.45) is 6.66. The molecule has 0 aliphatic carbocycles. The fraction of sp³-hybridized carbons (Fsp3) is 0.333. The number of imidazole rings is 2. The second-order valence-corrected chi connectivity index (χ2v) is 7.35. The molecular weight excluding hydrogens is 322 g/mol. The Labute approximate surface area is 152 Å². The Balaban J connectivity index is 1.46. The molecule has 3 aromatic heterocycles. The predicted octanol–water partition coefficient (Wildman–Crippen LogP) is 3.87. The van der Waals surface area contributed by atoms with Crippen LogP contribution in [0, 0.1) is 6.92 Å². The van der Waals surface area contributed by atoms with Gasteiger partial charge in [-0.15, -0.1) is 0 Å². The molecule has 132 valence electrons. The molecule has 26 heavy (non-hydrogen) atoms. The van der Waals surface area contributed by atoms with E-state index in [2.05, 4.69) is 76.6 Å². The lowest BCUT2D eigenvalue weighted by molar-refractivity contribution is 0.235. The van der Waals surface area contributed by atoms with E-state index >= 15 is 0 Å². The van der Waals surface area contributed by atoms with Crippen LogP contribution in [0.4, 0.5) is 0 Å². The third kappa shape index (κ3) is 2.51. The highest BCUT2D eigenvalue weighted by Gasteiger charge is 2.30. The summed E-state index contributed by atoms with van der Waals surface area (Å²) in [6, 6.07) is 13.0. The van der Waals surface area contributed by atoms with Crippen molar-refractivity contribution < 1.29 is 0 Å². The molecule has 5 nitrogen and oxygen atoms in total. The van der Waals surface area contributed by atoms with E-state index in [1.165, 1.54) is 23.3 Å². The molecule has 5 rings (SSSR count). The van der Waals surface area contributed by atoms with Crippen LogP contribution < -0.4 is 0 Å². The lowest BCUT2D eigenvalue weighted by Crippen LogP contribution is -2.25. The Hall–Kier alpha value is -2.66. The van der Waals surface area contributed by atoms with Gasteiger partial charge in [0.1, 0.15) is 11.5 Å². The quantitative estimate of drug-likeness (QED) is 0.566. The summed E-state index contributed by atoms with van der Waals surface area (Å²) in [5.74, 6) is 1.17. The number of likely N-dealkylation sites (tertiary alicyclic amines) is 1. The highest BCUT2D eigenvalue weighted by Crippen LogP contribution is 2.33. The Morgan fingerprint density at radius 2 is 1.96 bits per heavy atom. The van der Waals surface area contributed by atoms with Crippen LogP contribution in [0.1, 0.15) is 36.0 Å². The number of nitrogens with zero attached hydrogens (tertiary/aromatic N) is 5. The average molecular weight is 345 g/mol. The van der Waals surface area contributed by atoms with E-state index in [1.807, 2.05) is 0 Å². The summed E-state index contributed by atoms with van der Waals surface area (Å²) in [6.45, 7) is 4.08. The van der Waals surface area contributed by atoms with E-state index in [1.54, 1.807) is 0 Å². The van der Waals surface area contributed by atoms with Crippen LogP contribution in [0.2, 0.25) is 0 Å². The topological polar surface area (TPSA) is 38.4 Å². The van der Waals surface area contributed by atoms with E-state index in [9.17, 15) is 0 Å². The number of rotatable bonds is 3. The van der Waals surface area contributed by atoms with Crippen LogP contribution in [0.5, 0.6) is 0 Å². The van der Waals surface area contributed by atoms with E-state index in [0.29, 0.717) is 6.04 Å². The number of benzene rings is 1. The molecule has 4 heterocycles. The second-order valence-electron chi connectivity index (χ2n) is 7.35. The zero-order valence-corrected chi connectivity index (χ0v) is 15.3. The van der Waals surface area contributed by atoms with Crippen LogP contribution in [0.3, 0.4) is 0 Å². The fourth-order valence-electron chi connectivity index (χ4n) is 4.21. The highest BCUT2D eigenvalue weighted by molar-refractivity contribution is 5.75. The monoisotopic (exact) mass is 345 g/mol. The SMILES string of the molecule is Cc1ccc2nc(CN3CCC[C@H]3c3nc4ccccc4n3C)cn2c1. The predicted molar refractivity (Wildman–Crippen MR) is 103 cm³/mol. The summed E-state index contributed by atoms with van der Waals surface area (Å²) < 4.78 is 4.39. The first-order valence-corrected chi connectivity index (χ1v) is 9.29. The molecule has 0 spiro atoms. The average Bonchev–Trinajstić information content (AvgIpc) is 3.33. The maximum atomic E-state index is 4.94. The Bertz CT molecular complexity index is 1090. The number of para-hydroxylation sites is 2. The first-order valence-electron chi connectivity index (χ1n) is 9.29.